The third-order valence-electron chi connectivity index (χ3n) is 8.65. The first-order valence-corrected chi connectivity index (χ1v) is 15.9. The van der Waals surface area contributed by atoms with E-state index >= 15 is 0 Å². The summed E-state index contributed by atoms with van der Waals surface area (Å²) in [6, 6.07) is 11.8. The van der Waals surface area contributed by atoms with Crippen LogP contribution in [-0.4, -0.2) is 65.6 Å². The average Bonchev–Trinajstić information content (AvgIpc) is 3.50. The number of sulfonamides is 1. The van der Waals surface area contributed by atoms with Gasteiger partial charge in [-0.05, 0) is 85.1 Å². The zero-order valence-electron chi connectivity index (χ0n) is 24.2. The molecule has 0 amide bonds. The zero-order valence-corrected chi connectivity index (χ0v) is 25.0. The van der Waals surface area contributed by atoms with Gasteiger partial charge in [-0.2, -0.15) is 22.6 Å². The van der Waals surface area contributed by atoms with Crippen LogP contribution in [-0.2, 0) is 26.9 Å². The Balaban J connectivity index is 1.44. The van der Waals surface area contributed by atoms with Gasteiger partial charge in [0, 0.05) is 13.1 Å². The lowest BCUT2D eigenvalue weighted by Gasteiger charge is -2.38. The molecule has 1 aromatic heterocycles. The predicted molar refractivity (Wildman–Crippen MR) is 155 cm³/mol. The van der Waals surface area contributed by atoms with E-state index in [4.69, 9.17) is 4.74 Å². The van der Waals surface area contributed by atoms with Crippen LogP contribution >= 0.6 is 0 Å². The summed E-state index contributed by atoms with van der Waals surface area (Å²) in [6.45, 7) is 2.20. The minimum atomic E-state index is -5.03. The van der Waals surface area contributed by atoms with Crippen LogP contribution < -0.4 is 0 Å². The fourth-order valence-corrected chi connectivity index (χ4v) is 7.80. The van der Waals surface area contributed by atoms with E-state index in [1.807, 2.05) is 13.0 Å². The summed E-state index contributed by atoms with van der Waals surface area (Å²) >= 11 is 0. The van der Waals surface area contributed by atoms with Crippen molar-refractivity contribution in [2.24, 2.45) is 11.3 Å². The SMILES string of the molecule is CCOC(=O)c1ccccc1CS(=O)(=O)N(CC(O)C(F)(F)F)C[C@H]1CCC2=Cc3c(cnn3-c3ccc(F)cc3)C[C@@]21C. The summed E-state index contributed by atoms with van der Waals surface area (Å²) in [7, 11) is -4.45. The third-order valence-corrected chi connectivity index (χ3v) is 10.4. The Labute approximate surface area is 253 Å². The molecule has 2 aliphatic rings. The van der Waals surface area contributed by atoms with Gasteiger partial charge in [0.15, 0.2) is 6.10 Å². The van der Waals surface area contributed by atoms with Crippen molar-refractivity contribution in [3.63, 3.8) is 0 Å². The van der Waals surface area contributed by atoms with Gasteiger partial charge in [-0.15, -0.1) is 0 Å². The first kappa shape index (κ1) is 31.9. The topological polar surface area (TPSA) is 102 Å². The molecule has 0 radical (unpaired) electrons. The lowest BCUT2D eigenvalue weighted by atomic mass is 9.70. The number of allylic oxidation sites excluding steroid dienone is 1. The molecule has 0 spiro atoms. The number of carbonyl (C=O) groups excluding carboxylic acids is 1. The van der Waals surface area contributed by atoms with Crippen molar-refractivity contribution in [3.05, 3.63) is 88.5 Å². The number of aliphatic hydroxyl groups is 1. The Hall–Kier alpha value is -3.55. The van der Waals surface area contributed by atoms with Gasteiger partial charge >= 0.3 is 12.1 Å². The molecule has 1 saturated carbocycles. The van der Waals surface area contributed by atoms with E-state index in [1.54, 1.807) is 29.9 Å². The maximum Gasteiger partial charge on any atom is 0.415 e. The highest BCUT2D eigenvalue weighted by molar-refractivity contribution is 7.88. The van der Waals surface area contributed by atoms with E-state index < -0.39 is 46.0 Å². The van der Waals surface area contributed by atoms with Crippen LogP contribution in [0.4, 0.5) is 17.6 Å². The van der Waals surface area contributed by atoms with E-state index in [2.05, 4.69) is 5.10 Å². The Morgan fingerprint density at radius 1 is 1.20 bits per heavy atom. The van der Waals surface area contributed by atoms with Gasteiger partial charge < -0.3 is 9.84 Å². The predicted octanol–water partition coefficient (Wildman–Crippen LogP) is 5.30. The van der Waals surface area contributed by atoms with Crippen LogP contribution in [0.1, 0.15) is 53.9 Å². The number of ether oxygens (including phenoxy) is 1. The summed E-state index contributed by atoms with van der Waals surface area (Å²) in [5.41, 5.74) is 2.89. The quantitative estimate of drug-likeness (QED) is 0.240. The average molecular weight is 636 g/mol. The molecule has 1 unspecified atom stereocenters. The van der Waals surface area contributed by atoms with E-state index in [1.165, 1.54) is 36.4 Å². The number of rotatable bonds is 10. The molecule has 1 fully saturated rings. The highest BCUT2D eigenvalue weighted by atomic mass is 32.2. The summed E-state index contributed by atoms with van der Waals surface area (Å²) in [4.78, 5) is 12.5. The smallest absolute Gasteiger partial charge is 0.415 e. The summed E-state index contributed by atoms with van der Waals surface area (Å²) in [5.74, 6) is -2.23. The highest BCUT2D eigenvalue weighted by Crippen LogP contribution is 2.53. The van der Waals surface area contributed by atoms with Gasteiger partial charge in [-0.25, -0.2) is 22.3 Å². The minimum absolute atomic E-state index is 0.00488. The number of nitrogens with zero attached hydrogens (tertiary/aromatic N) is 3. The minimum Gasteiger partial charge on any atom is -0.462 e. The second-order valence-electron chi connectivity index (χ2n) is 11.5. The van der Waals surface area contributed by atoms with Crippen LogP contribution in [0, 0.1) is 17.2 Å². The van der Waals surface area contributed by atoms with Gasteiger partial charge in [0.2, 0.25) is 10.0 Å². The number of aliphatic hydroxyl groups excluding tert-OH is 1. The molecule has 1 heterocycles. The summed E-state index contributed by atoms with van der Waals surface area (Å²) in [6.07, 6.45) is -2.67. The van der Waals surface area contributed by atoms with Gasteiger partial charge in [0.05, 0.1) is 35.5 Å². The molecule has 0 aliphatic heterocycles. The van der Waals surface area contributed by atoms with Gasteiger partial charge in [0.1, 0.15) is 5.82 Å². The lowest BCUT2D eigenvalue weighted by molar-refractivity contribution is -0.205. The van der Waals surface area contributed by atoms with Gasteiger partial charge in [-0.1, -0.05) is 30.7 Å². The molecular formula is C31H33F4N3O5S. The molecule has 13 heteroatoms. The fraction of sp³-hybridized carbons (Fsp3) is 0.419. The van der Waals surface area contributed by atoms with Gasteiger partial charge in [0.25, 0.3) is 0 Å². The van der Waals surface area contributed by atoms with Crippen molar-refractivity contribution < 1.29 is 40.6 Å². The number of carbonyl (C=O) groups is 1. The van der Waals surface area contributed by atoms with Crippen LogP contribution in [0.5, 0.6) is 0 Å². The standard InChI is InChI=1S/C31H33F4N3O5S/c1-3-43-29(40)26-7-5-4-6-20(26)19-44(41,42)37(18-28(39)31(33,34)35)17-23-9-8-22-14-27-21(15-30(22,23)2)16-36-38(27)25-12-10-24(32)11-13-25/h4-7,10-14,16,23,28,39H,3,8-9,15,17-19H2,1-2H3/t23-,28?,30+/m1/s1. The first-order chi connectivity index (χ1) is 20.7. The van der Waals surface area contributed by atoms with Crippen molar-refractivity contribution in [2.45, 2.75) is 51.1 Å². The second kappa shape index (κ2) is 12.1. The molecule has 236 valence electrons. The Morgan fingerprint density at radius 3 is 2.59 bits per heavy atom. The molecule has 0 bridgehead atoms. The molecule has 3 aromatic rings. The number of benzene rings is 2. The number of alkyl halides is 3. The number of fused-ring (bicyclic) bond motifs is 2. The summed E-state index contributed by atoms with van der Waals surface area (Å²) < 4.78 is 89.0. The Morgan fingerprint density at radius 2 is 1.91 bits per heavy atom. The van der Waals surface area contributed by atoms with E-state index in [0.29, 0.717) is 29.3 Å². The maximum absolute atomic E-state index is 13.8. The zero-order chi connectivity index (χ0) is 31.9. The van der Waals surface area contributed by atoms with Crippen LogP contribution in [0.15, 0.2) is 60.3 Å². The number of hydrogen-bond acceptors (Lipinski definition) is 6. The molecule has 0 saturated heterocycles. The molecular weight excluding hydrogens is 602 g/mol. The summed E-state index contributed by atoms with van der Waals surface area (Å²) in [5, 5.41) is 14.5. The fourth-order valence-electron chi connectivity index (χ4n) is 6.20. The molecule has 1 N–H and O–H groups in total. The molecule has 2 aliphatic carbocycles. The van der Waals surface area contributed by atoms with E-state index in [-0.39, 0.29) is 36.0 Å². The van der Waals surface area contributed by atoms with Crippen molar-refractivity contribution in [2.75, 3.05) is 19.7 Å². The van der Waals surface area contributed by atoms with E-state index in [9.17, 15) is 35.9 Å². The largest absolute Gasteiger partial charge is 0.462 e. The molecule has 3 atom stereocenters. The maximum atomic E-state index is 13.8. The number of hydrogen-bond donors (Lipinski definition) is 1. The van der Waals surface area contributed by atoms with Crippen LogP contribution in [0.3, 0.4) is 0 Å². The molecule has 2 aromatic carbocycles. The molecule has 44 heavy (non-hydrogen) atoms. The highest BCUT2D eigenvalue weighted by Gasteiger charge is 2.48. The number of esters is 1. The number of aromatic nitrogens is 2. The van der Waals surface area contributed by atoms with Crippen molar-refractivity contribution in [1.82, 2.24) is 14.1 Å². The van der Waals surface area contributed by atoms with Crippen LogP contribution in [0.25, 0.3) is 11.8 Å². The van der Waals surface area contributed by atoms with E-state index in [0.717, 1.165) is 16.8 Å². The van der Waals surface area contributed by atoms with Crippen molar-refractivity contribution in [3.8, 4) is 5.69 Å². The molecule has 5 rings (SSSR count). The molecule has 8 nitrogen and oxygen atoms in total. The van der Waals surface area contributed by atoms with Crippen molar-refractivity contribution in [1.29, 1.82) is 0 Å². The third kappa shape index (κ3) is 6.31. The normalized spacial score (nSPS) is 20.6. The van der Waals surface area contributed by atoms with Gasteiger partial charge in [-0.3, -0.25) is 0 Å². The first-order valence-electron chi connectivity index (χ1n) is 14.2. The Bertz CT molecular complexity index is 1670. The van der Waals surface area contributed by atoms with Crippen molar-refractivity contribution >= 4 is 22.1 Å². The monoisotopic (exact) mass is 635 g/mol. The Kier molecular flexibility index (Phi) is 8.76. The second-order valence-corrected chi connectivity index (χ2v) is 13.4. The number of halogens is 4. The van der Waals surface area contributed by atoms with Crippen LogP contribution in [0.2, 0.25) is 0 Å². The lowest BCUT2D eigenvalue weighted by Crippen LogP contribution is -2.47.